The first-order valence-electron chi connectivity index (χ1n) is 8.74. The average molecular weight is 347 g/mol. The molecule has 3 rings (SSSR count). The molecule has 1 atom stereocenters. The van der Waals surface area contributed by atoms with Gasteiger partial charge in [0.25, 0.3) is 5.91 Å². The molecule has 1 amide bonds. The van der Waals surface area contributed by atoms with E-state index in [4.69, 9.17) is 9.47 Å². The van der Waals surface area contributed by atoms with E-state index in [-0.39, 0.29) is 12.5 Å². The Morgan fingerprint density at radius 2 is 1.88 bits per heavy atom. The van der Waals surface area contributed by atoms with E-state index in [1.165, 1.54) is 0 Å². The lowest BCUT2D eigenvalue weighted by Crippen LogP contribution is -2.53. The highest BCUT2D eigenvalue weighted by molar-refractivity contribution is 5.87. The number of aliphatic carboxylic acids is 1. The third kappa shape index (κ3) is 3.70. The van der Waals surface area contributed by atoms with Crippen LogP contribution in [0.2, 0.25) is 0 Å². The first-order chi connectivity index (χ1) is 12.0. The molecule has 1 aromatic rings. The van der Waals surface area contributed by atoms with Crippen molar-refractivity contribution in [2.45, 2.75) is 38.4 Å². The number of carbonyl (C=O) groups is 2. The zero-order valence-electron chi connectivity index (χ0n) is 14.6. The van der Waals surface area contributed by atoms with Crippen LogP contribution in [0.25, 0.3) is 0 Å². The maximum atomic E-state index is 13.2. The van der Waals surface area contributed by atoms with Crippen LogP contribution in [-0.2, 0) is 25.7 Å². The number of hydrogen-bond donors (Lipinski definition) is 1. The molecular weight excluding hydrogens is 322 g/mol. The Balaban J connectivity index is 1.73. The number of nitrogens with zero attached hydrogens (tertiary/aromatic N) is 1. The van der Waals surface area contributed by atoms with E-state index >= 15 is 0 Å². The highest BCUT2D eigenvalue weighted by atomic mass is 16.5. The second-order valence-corrected chi connectivity index (χ2v) is 7.22. The molecule has 2 saturated heterocycles. The van der Waals surface area contributed by atoms with Crippen LogP contribution >= 0.6 is 0 Å². The number of hydrogen-bond acceptors (Lipinski definition) is 4. The summed E-state index contributed by atoms with van der Waals surface area (Å²) in [4.78, 5) is 26.3. The predicted molar refractivity (Wildman–Crippen MR) is 91.0 cm³/mol. The van der Waals surface area contributed by atoms with Crippen molar-refractivity contribution in [1.82, 2.24) is 4.90 Å². The molecule has 0 aromatic heterocycles. The first-order valence-corrected chi connectivity index (χ1v) is 8.74. The fraction of sp³-hybridized carbons (Fsp3) is 0.579. The summed E-state index contributed by atoms with van der Waals surface area (Å²) in [5, 5.41) is 9.41. The molecule has 0 bridgehead atoms. The third-order valence-corrected chi connectivity index (χ3v) is 5.33. The van der Waals surface area contributed by atoms with Gasteiger partial charge in [0.05, 0.1) is 12.0 Å². The Morgan fingerprint density at radius 3 is 2.48 bits per heavy atom. The fourth-order valence-electron chi connectivity index (χ4n) is 3.51. The quantitative estimate of drug-likeness (QED) is 0.882. The standard InChI is InChI=1S/C19H25NO5/c1-18(17(22)23)7-10-20(14-18)16(21)19(8-11-24-12-9-19)25-13-15-5-3-2-4-6-15/h2-6H,7-14H2,1H3,(H,22,23). The predicted octanol–water partition coefficient (Wildman–Crippen LogP) is 2.08. The summed E-state index contributed by atoms with van der Waals surface area (Å²) in [6.45, 7) is 3.70. The molecule has 2 aliphatic heterocycles. The molecule has 1 aromatic carbocycles. The summed E-state index contributed by atoms with van der Waals surface area (Å²) in [5.74, 6) is -0.953. The molecule has 0 aliphatic carbocycles. The van der Waals surface area contributed by atoms with Gasteiger partial charge in [0.1, 0.15) is 0 Å². The van der Waals surface area contributed by atoms with Crippen LogP contribution in [-0.4, -0.2) is 53.8 Å². The zero-order chi connectivity index (χ0) is 17.9. The van der Waals surface area contributed by atoms with E-state index in [0.29, 0.717) is 45.6 Å². The van der Waals surface area contributed by atoms with Crippen molar-refractivity contribution in [1.29, 1.82) is 0 Å². The monoisotopic (exact) mass is 347 g/mol. The van der Waals surface area contributed by atoms with Crippen LogP contribution in [0.5, 0.6) is 0 Å². The minimum absolute atomic E-state index is 0.100. The highest BCUT2D eigenvalue weighted by Gasteiger charge is 2.49. The SMILES string of the molecule is CC1(C(=O)O)CCN(C(=O)C2(OCc3ccccc3)CCOCC2)C1. The Morgan fingerprint density at radius 1 is 1.20 bits per heavy atom. The van der Waals surface area contributed by atoms with E-state index in [0.717, 1.165) is 5.56 Å². The van der Waals surface area contributed by atoms with Gasteiger partial charge in [-0.05, 0) is 18.9 Å². The Hall–Kier alpha value is -1.92. The second kappa shape index (κ2) is 7.14. The Labute approximate surface area is 147 Å². The van der Waals surface area contributed by atoms with Crippen molar-refractivity contribution in [3.8, 4) is 0 Å². The zero-order valence-corrected chi connectivity index (χ0v) is 14.6. The van der Waals surface area contributed by atoms with E-state index < -0.39 is 17.0 Å². The van der Waals surface area contributed by atoms with Gasteiger partial charge in [-0.1, -0.05) is 30.3 Å². The number of carboxylic acid groups (broad SMARTS) is 1. The number of likely N-dealkylation sites (tertiary alicyclic amines) is 1. The number of rotatable bonds is 5. The number of carbonyl (C=O) groups excluding carboxylic acids is 1. The van der Waals surface area contributed by atoms with Gasteiger partial charge in [0, 0.05) is 39.1 Å². The summed E-state index contributed by atoms with van der Waals surface area (Å²) >= 11 is 0. The number of benzene rings is 1. The molecule has 1 N–H and O–H groups in total. The number of amides is 1. The second-order valence-electron chi connectivity index (χ2n) is 7.22. The number of ether oxygens (including phenoxy) is 2. The molecule has 2 aliphatic rings. The van der Waals surface area contributed by atoms with E-state index in [1.54, 1.807) is 11.8 Å². The molecule has 0 saturated carbocycles. The summed E-state index contributed by atoms with van der Waals surface area (Å²) in [7, 11) is 0. The maximum Gasteiger partial charge on any atom is 0.311 e. The molecule has 0 spiro atoms. The summed E-state index contributed by atoms with van der Waals surface area (Å²) in [5.41, 5.74) is -0.780. The summed E-state index contributed by atoms with van der Waals surface area (Å²) < 4.78 is 11.6. The van der Waals surface area contributed by atoms with Gasteiger partial charge in [-0.3, -0.25) is 9.59 Å². The molecule has 2 fully saturated rings. The first kappa shape index (κ1) is 17.9. The minimum atomic E-state index is -0.919. The lowest BCUT2D eigenvalue weighted by Gasteiger charge is -2.38. The smallest absolute Gasteiger partial charge is 0.311 e. The van der Waals surface area contributed by atoms with Gasteiger partial charge in [-0.15, -0.1) is 0 Å². The molecule has 1 unspecified atom stereocenters. The average Bonchev–Trinajstić information content (AvgIpc) is 3.05. The Kier molecular flexibility index (Phi) is 5.11. The van der Waals surface area contributed by atoms with E-state index in [1.807, 2.05) is 30.3 Å². The molecular formula is C19H25NO5. The van der Waals surface area contributed by atoms with Gasteiger partial charge >= 0.3 is 5.97 Å². The van der Waals surface area contributed by atoms with Gasteiger partial charge in [-0.2, -0.15) is 0 Å². The molecule has 6 nitrogen and oxygen atoms in total. The lowest BCUT2D eigenvalue weighted by molar-refractivity contribution is -0.174. The van der Waals surface area contributed by atoms with Gasteiger partial charge in [-0.25, -0.2) is 0 Å². The summed E-state index contributed by atoms with van der Waals surface area (Å²) in [6, 6.07) is 9.76. The number of carboxylic acids is 1. The Bertz CT molecular complexity index is 626. The fourth-order valence-corrected chi connectivity index (χ4v) is 3.51. The van der Waals surface area contributed by atoms with Crippen molar-refractivity contribution in [3.63, 3.8) is 0 Å². The highest BCUT2D eigenvalue weighted by Crippen LogP contribution is 2.35. The van der Waals surface area contributed by atoms with Gasteiger partial charge < -0.3 is 19.5 Å². The normalized spacial score (nSPS) is 25.7. The van der Waals surface area contributed by atoms with Crippen molar-refractivity contribution < 1.29 is 24.2 Å². The van der Waals surface area contributed by atoms with Crippen molar-refractivity contribution in [3.05, 3.63) is 35.9 Å². The maximum absolute atomic E-state index is 13.2. The molecule has 136 valence electrons. The van der Waals surface area contributed by atoms with Crippen LogP contribution in [0.4, 0.5) is 0 Å². The van der Waals surface area contributed by atoms with Crippen LogP contribution < -0.4 is 0 Å². The van der Waals surface area contributed by atoms with E-state index in [2.05, 4.69) is 0 Å². The third-order valence-electron chi connectivity index (χ3n) is 5.33. The van der Waals surface area contributed by atoms with Crippen molar-refractivity contribution >= 4 is 11.9 Å². The van der Waals surface area contributed by atoms with Crippen LogP contribution in [0.15, 0.2) is 30.3 Å². The lowest BCUT2D eigenvalue weighted by atomic mass is 9.89. The molecule has 0 radical (unpaired) electrons. The van der Waals surface area contributed by atoms with Gasteiger partial charge in [0.2, 0.25) is 0 Å². The molecule has 6 heteroatoms. The van der Waals surface area contributed by atoms with E-state index in [9.17, 15) is 14.7 Å². The summed E-state index contributed by atoms with van der Waals surface area (Å²) in [6.07, 6.45) is 1.47. The largest absolute Gasteiger partial charge is 0.481 e. The van der Waals surface area contributed by atoms with Crippen LogP contribution in [0.3, 0.4) is 0 Å². The topological polar surface area (TPSA) is 76.1 Å². The van der Waals surface area contributed by atoms with Crippen molar-refractivity contribution in [2.24, 2.45) is 5.41 Å². The van der Waals surface area contributed by atoms with Crippen LogP contribution in [0, 0.1) is 5.41 Å². The minimum Gasteiger partial charge on any atom is -0.481 e. The van der Waals surface area contributed by atoms with Gasteiger partial charge in [0.15, 0.2) is 5.60 Å². The molecule has 25 heavy (non-hydrogen) atoms. The molecule has 2 heterocycles. The van der Waals surface area contributed by atoms with Crippen molar-refractivity contribution in [2.75, 3.05) is 26.3 Å². The van der Waals surface area contributed by atoms with Crippen LogP contribution in [0.1, 0.15) is 31.7 Å².